The van der Waals surface area contributed by atoms with Crippen LogP contribution in [0.15, 0.2) is 16.9 Å². The van der Waals surface area contributed by atoms with Crippen LogP contribution in [0.4, 0.5) is 5.82 Å². The summed E-state index contributed by atoms with van der Waals surface area (Å²) >= 11 is 0. The molecule has 0 bridgehead atoms. The Bertz CT molecular complexity index is 693. The predicted octanol–water partition coefficient (Wildman–Crippen LogP) is 3.95. The molecule has 0 aliphatic heterocycles. The zero-order valence-corrected chi connectivity index (χ0v) is 15.1. The summed E-state index contributed by atoms with van der Waals surface area (Å²) in [6.45, 7) is 11.6. The molecular formula is C18H30N4O. The summed E-state index contributed by atoms with van der Waals surface area (Å²) in [4.78, 5) is 16.9. The Balaban J connectivity index is 2.17. The number of hydrogen-bond donors (Lipinski definition) is 2. The van der Waals surface area contributed by atoms with Crippen molar-refractivity contribution in [2.45, 2.75) is 65.7 Å². The van der Waals surface area contributed by atoms with Crippen LogP contribution in [0.1, 0.15) is 66.0 Å². The second-order valence-electron chi connectivity index (χ2n) is 7.39. The van der Waals surface area contributed by atoms with Crippen LogP contribution in [0.5, 0.6) is 0 Å². The van der Waals surface area contributed by atoms with E-state index in [4.69, 9.17) is 0 Å². The Morgan fingerprint density at radius 3 is 2.65 bits per heavy atom. The number of nitrogens with one attached hydrogen (secondary N) is 2. The summed E-state index contributed by atoms with van der Waals surface area (Å²) in [7, 11) is 0. The molecule has 23 heavy (non-hydrogen) atoms. The van der Waals surface area contributed by atoms with Crippen molar-refractivity contribution in [2.24, 2.45) is 5.92 Å². The number of aromatic amines is 1. The summed E-state index contributed by atoms with van der Waals surface area (Å²) in [6, 6.07) is 3.53. The van der Waals surface area contributed by atoms with Crippen molar-refractivity contribution in [3.8, 4) is 0 Å². The zero-order valence-electron chi connectivity index (χ0n) is 15.1. The molecule has 0 saturated heterocycles. The zero-order chi connectivity index (χ0) is 17.0. The van der Waals surface area contributed by atoms with Crippen LogP contribution in [0.2, 0.25) is 0 Å². The molecule has 0 aliphatic carbocycles. The first-order valence-corrected chi connectivity index (χ1v) is 8.72. The Morgan fingerprint density at radius 2 is 2.04 bits per heavy atom. The molecule has 1 unspecified atom stereocenters. The fraction of sp³-hybridized carbons (Fsp3) is 0.667. The van der Waals surface area contributed by atoms with E-state index in [2.05, 4.69) is 50.0 Å². The van der Waals surface area contributed by atoms with Gasteiger partial charge in [0.1, 0.15) is 5.82 Å². The van der Waals surface area contributed by atoms with Crippen LogP contribution in [0, 0.1) is 5.92 Å². The maximum Gasteiger partial charge on any atom is 0.274 e. The summed E-state index contributed by atoms with van der Waals surface area (Å²) in [6.07, 6.45) is 4.84. The van der Waals surface area contributed by atoms with E-state index < -0.39 is 0 Å². The molecule has 5 nitrogen and oxygen atoms in total. The molecule has 2 aromatic rings. The molecule has 0 spiro atoms. The third-order valence-corrected chi connectivity index (χ3v) is 4.37. The van der Waals surface area contributed by atoms with E-state index in [1.54, 1.807) is 6.07 Å². The van der Waals surface area contributed by atoms with Gasteiger partial charge in [0.2, 0.25) is 0 Å². The molecule has 0 aromatic carbocycles. The fourth-order valence-electron chi connectivity index (χ4n) is 2.66. The van der Waals surface area contributed by atoms with Gasteiger partial charge in [-0.3, -0.25) is 9.89 Å². The van der Waals surface area contributed by atoms with Gasteiger partial charge in [-0.2, -0.15) is 0 Å². The fourth-order valence-corrected chi connectivity index (χ4v) is 2.66. The minimum atomic E-state index is -0.0744. The van der Waals surface area contributed by atoms with Crippen molar-refractivity contribution in [1.29, 1.82) is 0 Å². The van der Waals surface area contributed by atoms with Gasteiger partial charge in [0, 0.05) is 29.8 Å². The second kappa shape index (κ2) is 7.20. The lowest BCUT2D eigenvalue weighted by molar-refractivity contribution is 0.472. The smallest absolute Gasteiger partial charge is 0.274 e. The molecule has 0 aliphatic rings. The highest BCUT2D eigenvalue weighted by Crippen LogP contribution is 2.21. The monoisotopic (exact) mass is 318 g/mol. The maximum absolute atomic E-state index is 12.3. The first kappa shape index (κ1) is 17.6. The quantitative estimate of drug-likeness (QED) is 0.812. The van der Waals surface area contributed by atoms with E-state index in [0.29, 0.717) is 17.4 Å². The Labute approximate surface area is 138 Å². The number of fused-ring (bicyclic) bond motifs is 1. The first-order chi connectivity index (χ1) is 10.8. The summed E-state index contributed by atoms with van der Waals surface area (Å²) in [5.41, 5.74) is 1.57. The van der Waals surface area contributed by atoms with E-state index in [-0.39, 0.29) is 11.0 Å². The van der Waals surface area contributed by atoms with E-state index in [9.17, 15) is 4.79 Å². The minimum absolute atomic E-state index is 0.0405. The molecule has 2 rings (SSSR count). The predicted molar refractivity (Wildman–Crippen MR) is 96.3 cm³/mol. The van der Waals surface area contributed by atoms with Gasteiger partial charge < -0.3 is 5.32 Å². The first-order valence-electron chi connectivity index (χ1n) is 8.72. The van der Waals surface area contributed by atoms with Crippen LogP contribution < -0.4 is 10.9 Å². The van der Waals surface area contributed by atoms with Gasteiger partial charge in [0.25, 0.3) is 5.56 Å². The molecular weight excluding hydrogens is 288 g/mol. The lowest BCUT2D eigenvalue weighted by atomic mass is 9.93. The summed E-state index contributed by atoms with van der Waals surface area (Å²) < 4.78 is 1.51. The average molecular weight is 318 g/mol. The molecule has 0 radical (unpaired) electrons. The van der Waals surface area contributed by atoms with Crippen molar-refractivity contribution >= 4 is 11.5 Å². The molecule has 0 fully saturated rings. The Hall–Kier alpha value is -1.78. The van der Waals surface area contributed by atoms with Crippen molar-refractivity contribution in [2.75, 3.05) is 11.9 Å². The second-order valence-corrected chi connectivity index (χ2v) is 7.39. The van der Waals surface area contributed by atoms with E-state index in [1.165, 1.54) is 23.8 Å². The SMILES string of the molecule is CCCCC(CC)CNc1cc(=O)n2[nH]c(C(C)(C)C)cc2n1. The van der Waals surface area contributed by atoms with Gasteiger partial charge in [0.05, 0.1) is 0 Å². The Kier molecular flexibility index (Phi) is 5.50. The van der Waals surface area contributed by atoms with Crippen molar-refractivity contribution < 1.29 is 0 Å². The number of anilines is 1. The Morgan fingerprint density at radius 1 is 1.30 bits per heavy atom. The largest absolute Gasteiger partial charge is 0.370 e. The molecule has 128 valence electrons. The van der Waals surface area contributed by atoms with Gasteiger partial charge in [-0.05, 0) is 12.3 Å². The number of hydrogen-bond acceptors (Lipinski definition) is 3. The van der Waals surface area contributed by atoms with Crippen molar-refractivity contribution in [3.63, 3.8) is 0 Å². The molecule has 2 N–H and O–H groups in total. The summed E-state index contributed by atoms with van der Waals surface area (Å²) in [5, 5.41) is 6.50. The van der Waals surface area contributed by atoms with Crippen molar-refractivity contribution in [3.05, 3.63) is 28.2 Å². The van der Waals surface area contributed by atoms with E-state index in [0.717, 1.165) is 18.7 Å². The van der Waals surface area contributed by atoms with E-state index in [1.807, 2.05) is 6.07 Å². The van der Waals surface area contributed by atoms with Gasteiger partial charge in [-0.15, -0.1) is 0 Å². The third-order valence-electron chi connectivity index (χ3n) is 4.37. The number of unbranched alkanes of at least 4 members (excludes halogenated alkanes) is 1. The topological polar surface area (TPSA) is 62.2 Å². The summed E-state index contributed by atoms with van der Waals surface area (Å²) in [5.74, 6) is 1.30. The molecule has 0 saturated carbocycles. The number of nitrogens with zero attached hydrogens (tertiary/aromatic N) is 2. The lowest BCUT2D eigenvalue weighted by Gasteiger charge is -2.15. The van der Waals surface area contributed by atoms with Crippen LogP contribution in [-0.4, -0.2) is 21.1 Å². The van der Waals surface area contributed by atoms with E-state index >= 15 is 0 Å². The molecule has 1 atom stereocenters. The average Bonchev–Trinajstić information content (AvgIpc) is 2.92. The van der Waals surface area contributed by atoms with Gasteiger partial charge in [-0.1, -0.05) is 53.9 Å². The number of rotatable bonds is 7. The number of aromatic nitrogens is 3. The highest BCUT2D eigenvalue weighted by molar-refractivity contribution is 5.48. The normalized spacial score (nSPS) is 13.4. The van der Waals surface area contributed by atoms with Crippen LogP contribution in [0.25, 0.3) is 5.65 Å². The standard InChI is InChI=1S/C18H30N4O/c1-6-8-9-13(7-2)12-19-15-11-17(23)22-16(20-15)10-14(21-22)18(3,4)5/h10-11,13,19,21H,6-9,12H2,1-5H3. The molecule has 5 heteroatoms. The van der Waals surface area contributed by atoms with Gasteiger partial charge in [-0.25, -0.2) is 9.50 Å². The van der Waals surface area contributed by atoms with Crippen LogP contribution >= 0.6 is 0 Å². The highest BCUT2D eigenvalue weighted by atomic mass is 16.1. The molecule has 2 aromatic heterocycles. The lowest BCUT2D eigenvalue weighted by Crippen LogP contribution is -2.20. The minimum Gasteiger partial charge on any atom is -0.370 e. The van der Waals surface area contributed by atoms with Crippen LogP contribution in [-0.2, 0) is 5.41 Å². The molecule has 2 heterocycles. The molecule has 0 amide bonds. The highest BCUT2D eigenvalue weighted by Gasteiger charge is 2.18. The maximum atomic E-state index is 12.3. The van der Waals surface area contributed by atoms with Gasteiger partial charge >= 0.3 is 0 Å². The van der Waals surface area contributed by atoms with Crippen molar-refractivity contribution in [1.82, 2.24) is 14.6 Å². The van der Waals surface area contributed by atoms with Gasteiger partial charge in [0.15, 0.2) is 5.65 Å². The van der Waals surface area contributed by atoms with Crippen LogP contribution in [0.3, 0.4) is 0 Å². The number of H-pyrrole nitrogens is 1. The third kappa shape index (κ3) is 4.36.